The van der Waals surface area contributed by atoms with Crippen LogP contribution >= 0.6 is 0 Å². The van der Waals surface area contributed by atoms with Crippen LogP contribution in [0.2, 0.25) is 13.1 Å². The fourth-order valence-electron chi connectivity index (χ4n) is 7.45. The fraction of sp³-hybridized carbons (Fsp3) is 0.0682. The first-order chi connectivity index (χ1) is 24.1. The van der Waals surface area contributed by atoms with E-state index in [0.29, 0.717) is 0 Å². The maximum atomic E-state index is 4.92. The zero-order valence-electron chi connectivity index (χ0n) is 27.7. The molecule has 3 heterocycles. The van der Waals surface area contributed by atoms with Crippen LogP contribution in [0.25, 0.3) is 38.8 Å². The molecular formula is C44H36N4Si. The number of nitrogens with zero attached hydrogens (tertiary/aromatic N) is 4. The van der Waals surface area contributed by atoms with E-state index in [0.717, 1.165) is 18.1 Å². The van der Waals surface area contributed by atoms with Crippen LogP contribution in [0.4, 0.5) is 22.7 Å². The Kier molecular flexibility index (Phi) is 6.95. The van der Waals surface area contributed by atoms with Gasteiger partial charge in [0, 0.05) is 28.3 Å². The lowest BCUT2D eigenvalue weighted by molar-refractivity contribution is 0.991. The molecule has 1 aliphatic rings. The summed E-state index contributed by atoms with van der Waals surface area (Å²) in [7, 11) is -2.14. The number of fused-ring (bicyclic) bond motifs is 4. The van der Waals surface area contributed by atoms with E-state index in [4.69, 9.17) is 4.98 Å². The van der Waals surface area contributed by atoms with Gasteiger partial charge in [0.2, 0.25) is 0 Å². The number of anilines is 4. The van der Waals surface area contributed by atoms with E-state index in [-0.39, 0.29) is 0 Å². The molecule has 0 atom stereocenters. The van der Waals surface area contributed by atoms with Crippen molar-refractivity contribution in [2.45, 2.75) is 13.1 Å². The maximum Gasteiger partial charge on any atom is 0.138 e. The third-order valence-corrected chi connectivity index (χ3v) is 13.7. The van der Waals surface area contributed by atoms with Crippen LogP contribution in [-0.2, 0) is 0 Å². The van der Waals surface area contributed by atoms with E-state index in [1.54, 1.807) is 0 Å². The number of pyridine rings is 1. The van der Waals surface area contributed by atoms with Crippen molar-refractivity contribution in [3.8, 4) is 16.9 Å². The molecule has 0 spiro atoms. The highest BCUT2D eigenvalue weighted by Gasteiger charge is 2.31. The monoisotopic (exact) mass is 648 g/mol. The SMILES string of the molecule is C[Si](C)(c1cccc(N2CN(c3ccccc3)c3ccccc32)c1)c1ccc2c3ccccc3n(-c3cc(-c4ccccc4)ccn3)c2c1. The van der Waals surface area contributed by atoms with Crippen LogP contribution < -0.4 is 20.2 Å². The van der Waals surface area contributed by atoms with Crippen LogP contribution in [0.15, 0.2) is 170 Å². The molecule has 49 heavy (non-hydrogen) atoms. The van der Waals surface area contributed by atoms with E-state index in [2.05, 4.69) is 191 Å². The van der Waals surface area contributed by atoms with Crippen molar-refractivity contribution in [2.75, 3.05) is 16.5 Å². The van der Waals surface area contributed by atoms with Gasteiger partial charge in [0.05, 0.1) is 22.4 Å². The first-order valence-corrected chi connectivity index (χ1v) is 19.9. The van der Waals surface area contributed by atoms with Gasteiger partial charge >= 0.3 is 0 Å². The highest BCUT2D eigenvalue weighted by molar-refractivity contribution is 7.00. The lowest BCUT2D eigenvalue weighted by atomic mass is 10.1. The number of hydrogen-bond donors (Lipinski definition) is 0. The summed E-state index contributed by atoms with van der Waals surface area (Å²) >= 11 is 0. The highest BCUT2D eigenvalue weighted by atomic mass is 28.3. The molecule has 236 valence electrons. The molecule has 0 bridgehead atoms. The van der Waals surface area contributed by atoms with Crippen molar-refractivity contribution in [2.24, 2.45) is 0 Å². The summed E-state index contributed by atoms with van der Waals surface area (Å²) in [6.07, 6.45) is 1.93. The molecule has 4 nitrogen and oxygen atoms in total. The van der Waals surface area contributed by atoms with Gasteiger partial charge in [-0.2, -0.15) is 0 Å². The Hall–Kier alpha value is -5.91. The summed E-state index contributed by atoms with van der Waals surface area (Å²) in [5, 5.41) is 5.30. The van der Waals surface area contributed by atoms with Crippen LogP contribution in [0.3, 0.4) is 0 Å². The molecular weight excluding hydrogens is 613 g/mol. The average Bonchev–Trinajstić information content (AvgIpc) is 3.72. The Morgan fingerprint density at radius 2 is 1.12 bits per heavy atom. The van der Waals surface area contributed by atoms with E-state index in [1.165, 1.54) is 60.5 Å². The molecule has 0 saturated heterocycles. The number of para-hydroxylation sites is 4. The smallest absolute Gasteiger partial charge is 0.138 e. The Morgan fingerprint density at radius 1 is 0.490 bits per heavy atom. The standard InChI is InChI=1S/C44H36N4Si/c1-49(2,36-19-13-18-35(29-36)47-31-46(34-16-7-4-8-17-34)41-22-11-12-23-42(41)47)37-24-25-39-38-20-9-10-21-40(38)48(43(39)30-37)44-28-33(26-27-45-44)32-14-5-3-6-15-32/h3-30H,31H2,1-2H3. The molecule has 2 aromatic heterocycles. The summed E-state index contributed by atoms with van der Waals surface area (Å²) in [4.78, 5) is 9.77. The number of rotatable bonds is 6. The topological polar surface area (TPSA) is 24.3 Å². The van der Waals surface area contributed by atoms with Crippen LogP contribution in [0.1, 0.15) is 0 Å². The van der Waals surface area contributed by atoms with Gasteiger partial charge in [0.25, 0.3) is 0 Å². The zero-order valence-corrected chi connectivity index (χ0v) is 28.7. The van der Waals surface area contributed by atoms with E-state index < -0.39 is 8.07 Å². The van der Waals surface area contributed by atoms with Gasteiger partial charge < -0.3 is 9.80 Å². The zero-order chi connectivity index (χ0) is 33.0. The Balaban J connectivity index is 1.13. The van der Waals surface area contributed by atoms with Crippen molar-refractivity contribution >= 4 is 63.0 Å². The first kappa shape index (κ1) is 29.2. The number of hydrogen-bond acceptors (Lipinski definition) is 3. The lowest BCUT2D eigenvalue weighted by Gasteiger charge is -2.27. The minimum absolute atomic E-state index is 0.774. The second-order valence-corrected chi connectivity index (χ2v) is 17.8. The molecule has 0 radical (unpaired) electrons. The van der Waals surface area contributed by atoms with E-state index in [9.17, 15) is 0 Å². The average molecular weight is 649 g/mol. The van der Waals surface area contributed by atoms with Gasteiger partial charge in [-0.15, -0.1) is 0 Å². The highest BCUT2D eigenvalue weighted by Crippen LogP contribution is 2.43. The van der Waals surface area contributed by atoms with Crippen LogP contribution in [0.5, 0.6) is 0 Å². The van der Waals surface area contributed by atoms with Gasteiger partial charge in [-0.05, 0) is 71.8 Å². The fourth-order valence-corrected chi connectivity index (χ4v) is 9.80. The van der Waals surface area contributed by atoms with Gasteiger partial charge in [-0.1, -0.05) is 127 Å². The predicted octanol–water partition coefficient (Wildman–Crippen LogP) is 9.92. The molecule has 9 rings (SSSR count). The maximum absolute atomic E-state index is 4.92. The Bertz CT molecular complexity index is 2470. The minimum Gasteiger partial charge on any atom is -0.321 e. The first-order valence-electron chi connectivity index (χ1n) is 16.9. The second kappa shape index (κ2) is 11.7. The molecule has 8 aromatic rings. The normalized spacial score (nSPS) is 12.9. The summed E-state index contributed by atoms with van der Waals surface area (Å²) in [5.74, 6) is 0.932. The van der Waals surface area contributed by atoms with Crippen molar-refractivity contribution < 1.29 is 0 Å². The van der Waals surface area contributed by atoms with Gasteiger partial charge in [0.15, 0.2) is 0 Å². The number of aromatic nitrogens is 2. The third kappa shape index (κ3) is 4.93. The van der Waals surface area contributed by atoms with Crippen LogP contribution in [0, 0.1) is 0 Å². The molecule has 0 unspecified atom stereocenters. The minimum atomic E-state index is -2.14. The summed E-state index contributed by atoms with van der Waals surface area (Å²) in [6.45, 7) is 5.72. The summed E-state index contributed by atoms with van der Waals surface area (Å²) < 4.78 is 2.35. The molecule has 6 aromatic carbocycles. The van der Waals surface area contributed by atoms with Gasteiger partial charge in [-0.25, -0.2) is 4.98 Å². The molecule has 0 aliphatic carbocycles. The largest absolute Gasteiger partial charge is 0.321 e. The third-order valence-electron chi connectivity index (χ3n) is 10.2. The molecule has 1 aliphatic heterocycles. The Labute approximate surface area is 288 Å². The second-order valence-electron chi connectivity index (χ2n) is 13.4. The van der Waals surface area contributed by atoms with Crippen molar-refractivity contribution in [3.05, 3.63) is 170 Å². The predicted molar refractivity (Wildman–Crippen MR) is 209 cm³/mol. The van der Waals surface area contributed by atoms with Crippen molar-refractivity contribution in [1.82, 2.24) is 9.55 Å². The molecule has 0 N–H and O–H groups in total. The van der Waals surface area contributed by atoms with Gasteiger partial charge in [-0.3, -0.25) is 4.57 Å². The molecule has 5 heteroatoms. The molecule has 0 saturated carbocycles. The lowest BCUT2D eigenvalue weighted by Crippen LogP contribution is -2.53. The van der Waals surface area contributed by atoms with Crippen LogP contribution in [-0.4, -0.2) is 24.3 Å². The summed E-state index contributed by atoms with van der Waals surface area (Å²) in [5.41, 5.74) is 9.61. The molecule has 0 amide bonds. The van der Waals surface area contributed by atoms with Crippen molar-refractivity contribution in [3.63, 3.8) is 0 Å². The summed E-state index contributed by atoms with van der Waals surface area (Å²) in [6, 6.07) is 59.4. The van der Waals surface area contributed by atoms with E-state index in [1.807, 2.05) is 6.20 Å². The number of benzene rings is 6. The Morgan fingerprint density at radius 3 is 1.92 bits per heavy atom. The van der Waals surface area contributed by atoms with E-state index >= 15 is 0 Å². The van der Waals surface area contributed by atoms with Crippen molar-refractivity contribution in [1.29, 1.82) is 0 Å². The molecule has 0 fully saturated rings. The van der Waals surface area contributed by atoms with Gasteiger partial charge in [0.1, 0.15) is 20.6 Å². The quantitative estimate of drug-likeness (QED) is 0.168.